The predicted molar refractivity (Wildman–Crippen MR) is 132 cm³/mol. The van der Waals surface area contributed by atoms with Gasteiger partial charge in [-0.15, -0.1) is 0 Å². The molecule has 33 heavy (non-hydrogen) atoms. The Morgan fingerprint density at radius 1 is 0.939 bits per heavy atom. The quantitative estimate of drug-likeness (QED) is 0.496. The molecule has 0 bridgehead atoms. The number of amides is 1. The van der Waals surface area contributed by atoms with Crippen molar-refractivity contribution in [1.29, 1.82) is 0 Å². The molecule has 2 aromatic carbocycles. The largest absolute Gasteiger partial charge is 0.353 e. The van der Waals surface area contributed by atoms with Crippen LogP contribution in [0, 0.1) is 0 Å². The molecule has 0 aliphatic heterocycles. The number of halogens is 1. The van der Waals surface area contributed by atoms with Gasteiger partial charge in [-0.2, -0.15) is 0 Å². The van der Waals surface area contributed by atoms with E-state index in [9.17, 15) is 14.4 Å². The minimum Gasteiger partial charge on any atom is -0.353 e. The first-order valence-electron chi connectivity index (χ1n) is 11.8. The summed E-state index contributed by atoms with van der Waals surface area (Å²) in [4.78, 5) is 38.6. The third kappa shape index (κ3) is 5.74. The van der Waals surface area contributed by atoms with E-state index in [-0.39, 0.29) is 17.2 Å². The van der Waals surface area contributed by atoms with Crippen molar-refractivity contribution in [3.05, 3.63) is 80.0 Å². The van der Waals surface area contributed by atoms with Gasteiger partial charge in [0.1, 0.15) is 0 Å². The fourth-order valence-corrected chi connectivity index (χ4v) is 4.72. The number of nitrogens with one attached hydrogen (secondary N) is 1. The number of rotatable bonds is 8. The highest BCUT2D eigenvalue weighted by molar-refractivity contribution is 6.30. The molecule has 7 heteroatoms. The van der Waals surface area contributed by atoms with Crippen molar-refractivity contribution < 1.29 is 4.79 Å². The second kappa shape index (κ2) is 10.8. The van der Waals surface area contributed by atoms with Gasteiger partial charge in [-0.25, -0.2) is 4.79 Å². The van der Waals surface area contributed by atoms with Crippen LogP contribution in [0.1, 0.15) is 56.9 Å². The van der Waals surface area contributed by atoms with Crippen LogP contribution < -0.4 is 16.6 Å². The minimum absolute atomic E-state index is 0.0629. The maximum atomic E-state index is 13.3. The summed E-state index contributed by atoms with van der Waals surface area (Å²) in [6, 6.07) is 14.8. The van der Waals surface area contributed by atoms with E-state index in [2.05, 4.69) is 5.32 Å². The fraction of sp³-hybridized carbons (Fsp3) is 0.423. The first-order chi connectivity index (χ1) is 16.0. The molecule has 174 valence electrons. The summed E-state index contributed by atoms with van der Waals surface area (Å²) >= 11 is 5.99. The lowest BCUT2D eigenvalue weighted by Gasteiger charge is -2.22. The minimum atomic E-state index is -0.333. The van der Waals surface area contributed by atoms with Gasteiger partial charge >= 0.3 is 5.69 Å². The Morgan fingerprint density at radius 3 is 2.42 bits per heavy atom. The smallest absolute Gasteiger partial charge is 0.331 e. The summed E-state index contributed by atoms with van der Waals surface area (Å²) < 4.78 is 2.94. The lowest BCUT2D eigenvalue weighted by molar-refractivity contribution is -0.122. The van der Waals surface area contributed by atoms with Gasteiger partial charge in [0, 0.05) is 24.0 Å². The summed E-state index contributed by atoms with van der Waals surface area (Å²) in [5.74, 6) is 0.0629. The van der Waals surface area contributed by atoms with Gasteiger partial charge in [0.15, 0.2) is 0 Å². The highest BCUT2D eigenvalue weighted by Gasteiger charge is 2.16. The molecule has 1 aromatic heterocycles. The van der Waals surface area contributed by atoms with Gasteiger partial charge in [0.25, 0.3) is 5.56 Å². The van der Waals surface area contributed by atoms with Crippen molar-refractivity contribution in [2.75, 3.05) is 0 Å². The highest BCUT2D eigenvalue weighted by atomic mass is 35.5. The van der Waals surface area contributed by atoms with Crippen LogP contribution in [0.2, 0.25) is 5.02 Å². The van der Waals surface area contributed by atoms with Gasteiger partial charge in [0.05, 0.1) is 17.4 Å². The molecule has 0 saturated heterocycles. The average Bonchev–Trinajstić information content (AvgIpc) is 2.83. The first kappa shape index (κ1) is 23.3. The molecule has 1 amide bonds. The zero-order chi connectivity index (χ0) is 23.2. The number of carbonyl (C=O) groups excluding carboxylic acids is 1. The Labute approximate surface area is 198 Å². The topological polar surface area (TPSA) is 73.1 Å². The normalized spacial score (nSPS) is 14.5. The number of carbonyl (C=O) groups is 1. The monoisotopic (exact) mass is 467 g/mol. The molecule has 1 aliphatic rings. The standard InChI is InChI=1S/C26H30ClN3O3/c27-20-15-13-19(14-16-20)18-30-23-11-5-4-10-22(23)25(32)29(26(30)33)17-7-6-12-24(31)28-21-8-2-1-3-9-21/h4-5,10-11,13-16,21H,1-3,6-9,12,17-18H2,(H,28,31). The van der Waals surface area contributed by atoms with Crippen molar-refractivity contribution >= 4 is 28.4 Å². The molecular formula is C26H30ClN3O3. The van der Waals surface area contributed by atoms with Crippen molar-refractivity contribution in [2.45, 2.75) is 70.5 Å². The lowest BCUT2D eigenvalue weighted by Crippen LogP contribution is -2.40. The number of nitrogens with zero attached hydrogens (tertiary/aromatic N) is 2. The Kier molecular flexibility index (Phi) is 7.65. The van der Waals surface area contributed by atoms with E-state index in [0.717, 1.165) is 18.4 Å². The number of fused-ring (bicyclic) bond motifs is 1. The van der Waals surface area contributed by atoms with Crippen LogP contribution in [0.4, 0.5) is 0 Å². The summed E-state index contributed by atoms with van der Waals surface area (Å²) in [5, 5.41) is 4.27. The van der Waals surface area contributed by atoms with Crippen LogP contribution in [-0.2, 0) is 17.9 Å². The molecule has 6 nitrogen and oxygen atoms in total. The average molecular weight is 468 g/mol. The Balaban J connectivity index is 1.47. The van der Waals surface area contributed by atoms with Gasteiger partial charge in [0.2, 0.25) is 5.91 Å². The molecule has 1 saturated carbocycles. The number of hydrogen-bond donors (Lipinski definition) is 1. The summed E-state index contributed by atoms with van der Waals surface area (Å²) in [6.07, 6.45) is 7.37. The third-order valence-corrected chi connectivity index (χ3v) is 6.64. The molecule has 0 radical (unpaired) electrons. The van der Waals surface area contributed by atoms with Gasteiger partial charge in [-0.1, -0.05) is 55.1 Å². The Bertz CT molecular complexity index is 1220. The molecule has 3 aromatic rings. The zero-order valence-electron chi connectivity index (χ0n) is 18.8. The number of para-hydroxylation sites is 1. The van der Waals surface area contributed by atoms with E-state index in [1.54, 1.807) is 34.9 Å². The molecular weight excluding hydrogens is 438 g/mol. The molecule has 1 fully saturated rings. The van der Waals surface area contributed by atoms with Crippen molar-refractivity contribution in [2.24, 2.45) is 0 Å². The molecule has 1 heterocycles. The maximum absolute atomic E-state index is 13.3. The van der Waals surface area contributed by atoms with Crippen molar-refractivity contribution in [1.82, 2.24) is 14.5 Å². The van der Waals surface area contributed by atoms with Crippen LogP contribution in [0.5, 0.6) is 0 Å². The highest BCUT2D eigenvalue weighted by Crippen LogP contribution is 2.17. The molecule has 1 N–H and O–H groups in total. The van der Waals surface area contributed by atoms with E-state index in [1.807, 2.05) is 18.2 Å². The lowest BCUT2D eigenvalue weighted by atomic mass is 9.95. The second-order valence-corrected chi connectivity index (χ2v) is 9.27. The molecule has 0 unspecified atom stereocenters. The number of aromatic nitrogens is 2. The van der Waals surface area contributed by atoms with Gasteiger partial charge in [-0.3, -0.25) is 18.7 Å². The molecule has 0 atom stereocenters. The van der Waals surface area contributed by atoms with E-state index < -0.39 is 0 Å². The van der Waals surface area contributed by atoms with Gasteiger partial charge in [-0.05, 0) is 55.5 Å². The van der Waals surface area contributed by atoms with Crippen molar-refractivity contribution in [3.8, 4) is 0 Å². The van der Waals surface area contributed by atoms with Crippen LogP contribution in [0.25, 0.3) is 10.9 Å². The first-order valence-corrected chi connectivity index (χ1v) is 12.2. The Morgan fingerprint density at radius 2 is 1.67 bits per heavy atom. The van der Waals surface area contributed by atoms with Gasteiger partial charge < -0.3 is 5.32 Å². The zero-order valence-corrected chi connectivity index (χ0v) is 19.5. The van der Waals surface area contributed by atoms with E-state index in [0.29, 0.717) is 54.3 Å². The number of unbranched alkanes of at least 4 members (excludes halogenated alkanes) is 1. The summed E-state index contributed by atoms with van der Waals surface area (Å²) in [7, 11) is 0. The van der Waals surface area contributed by atoms with Crippen molar-refractivity contribution in [3.63, 3.8) is 0 Å². The van der Waals surface area contributed by atoms with Crippen LogP contribution >= 0.6 is 11.6 Å². The number of hydrogen-bond acceptors (Lipinski definition) is 3. The SMILES string of the molecule is O=C(CCCCn1c(=O)c2ccccc2n(Cc2ccc(Cl)cc2)c1=O)NC1CCCCC1. The van der Waals surface area contributed by atoms with E-state index >= 15 is 0 Å². The van der Waals surface area contributed by atoms with Crippen LogP contribution in [0.15, 0.2) is 58.1 Å². The summed E-state index contributed by atoms with van der Waals surface area (Å²) in [6.45, 7) is 0.639. The number of benzene rings is 2. The van der Waals surface area contributed by atoms with Crippen LogP contribution in [-0.4, -0.2) is 21.1 Å². The maximum Gasteiger partial charge on any atom is 0.331 e. The van der Waals surface area contributed by atoms with Crippen LogP contribution in [0.3, 0.4) is 0 Å². The molecule has 0 spiro atoms. The molecule has 4 rings (SSSR count). The van der Waals surface area contributed by atoms with E-state index in [1.165, 1.54) is 23.8 Å². The molecule has 1 aliphatic carbocycles. The third-order valence-electron chi connectivity index (χ3n) is 6.39. The predicted octanol–water partition coefficient (Wildman–Crippen LogP) is 4.48. The summed E-state index contributed by atoms with van der Waals surface area (Å²) in [5.41, 5.74) is 0.928. The Hall–Kier alpha value is -2.86. The fourth-order valence-electron chi connectivity index (χ4n) is 4.60. The van der Waals surface area contributed by atoms with E-state index in [4.69, 9.17) is 11.6 Å². The second-order valence-electron chi connectivity index (χ2n) is 8.83.